The molecule has 4 atom stereocenters. The first kappa shape index (κ1) is 16.3. The molecule has 122 valence electrons. The third-order valence-corrected chi connectivity index (χ3v) is 3.17. The number of aromatic nitrogens is 3. The van der Waals surface area contributed by atoms with Crippen LogP contribution in [-0.2, 0) is 14.3 Å². The molecular weight excluding hydrogens is 296 g/mol. The third kappa shape index (κ3) is 3.24. The Kier molecular flexibility index (Phi) is 4.74. The van der Waals surface area contributed by atoms with E-state index in [1.807, 2.05) is 0 Å². The van der Waals surface area contributed by atoms with Crippen molar-refractivity contribution in [3.8, 4) is 0 Å². The van der Waals surface area contributed by atoms with Crippen molar-refractivity contribution in [1.82, 2.24) is 14.8 Å². The SMILES string of the molecule is CC(C)C(=O)OCC1OC(n2ncc(N)nc2=O)C(O)C1O. The normalized spacial score (nSPS) is 28.0. The van der Waals surface area contributed by atoms with Crippen LogP contribution in [0.5, 0.6) is 0 Å². The highest BCUT2D eigenvalue weighted by molar-refractivity contribution is 5.71. The number of aliphatic hydroxyl groups excluding tert-OH is 2. The molecule has 1 aliphatic heterocycles. The largest absolute Gasteiger partial charge is 0.463 e. The van der Waals surface area contributed by atoms with E-state index in [9.17, 15) is 19.8 Å². The monoisotopic (exact) mass is 314 g/mol. The highest BCUT2D eigenvalue weighted by Gasteiger charge is 2.45. The van der Waals surface area contributed by atoms with Crippen LogP contribution in [0.4, 0.5) is 5.82 Å². The van der Waals surface area contributed by atoms with Gasteiger partial charge in [0.1, 0.15) is 30.7 Å². The van der Waals surface area contributed by atoms with Gasteiger partial charge in [-0.15, -0.1) is 0 Å². The minimum atomic E-state index is -1.42. The molecule has 1 aromatic rings. The van der Waals surface area contributed by atoms with Crippen LogP contribution in [0.1, 0.15) is 20.1 Å². The average molecular weight is 314 g/mol. The summed E-state index contributed by atoms with van der Waals surface area (Å²) in [5.74, 6) is -0.861. The van der Waals surface area contributed by atoms with Gasteiger partial charge in [0.2, 0.25) is 0 Å². The Bertz CT molecular complexity index is 604. The van der Waals surface area contributed by atoms with Crippen LogP contribution in [0.25, 0.3) is 0 Å². The lowest BCUT2D eigenvalue weighted by Crippen LogP contribution is -2.37. The maximum atomic E-state index is 11.7. The summed E-state index contributed by atoms with van der Waals surface area (Å²) in [5.41, 5.74) is 4.50. The lowest BCUT2D eigenvalue weighted by molar-refractivity contribution is -0.154. The first-order valence-electron chi connectivity index (χ1n) is 6.71. The van der Waals surface area contributed by atoms with Gasteiger partial charge in [-0.25, -0.2) is 4.79 Å². The number of anilines is 1. The van der Waals surface area contributed by atoms with Crippen molar-refractivity contribution in [2.75, 3.05) is 12.3 Å². The van der Waals surface area contributed by atoms with Crippen molar-refractivity contribution in [3.63, 3.8) is 0 Å². The van der Waals surface area contributed by atoms with Gasteiger partial charge >= 0.3 is 11.7 Å². The zero-order valence-corrected chi connectivity index (χ0v) is 12.1. The van der Waals surface area contributed by atoms with Crippen molar-refractivity contribution >= 4 is 11.8 Å². The number of nitrogens with two attached hydrogens (primary N) is 1. The van der Waals surface area contributed by atoms with Crippen LogP contribution in [0.15, 0.2) is 11.0 Å². The molecule has 2 heterocycles. The van der Waals surface area contributed by atoms with E-state index in [2.05, 4.69) is 10.1 Å². The molecular formula is C12H18N4O6. The topological polar surface area (TPSA) is 150 Å². The number of nitrogens with zero attached hydrogens (tertiary/aromatic N) is 3. The van der Waals surface area contributed by atoms with E-state index in [-0.39, 0.29) is 18.3 Å². The third-order valence-electron chi connectivity index (χ3n) is 3.17. The molecule has 1 saturated heterocycles. The van der Waals surface area contributed by atoms with Crippen molar-refractivity contribution < 1.29 is 24.5 Å². The smallest absolute Gasteiger partial charge is 0.368 e. The molecule has 0 saturated carbocycles. The second kappa shape index (κ2) is 6.38. The summed E-state index contributed by atoms with van der Waals surface area (Å²) in [6.45, 7) is 3.08. The Morgan fingerprint density at radius 3 is 2.77 bits per heavy atom. The number of aliphatic hydroxyl groups is 2. The van der Waals surface area contributed by atoms with E-state index in [0.717, 1.165) is 10.9 Å². The molecule has 1 fully saturated rings. The number of carbonyl (C=O) groups excluding carboxylic acids is 1. The van der Waals surface area contributed by atoms with Gasteiger partial charge < -0.3 is 25.4 Å². The zero-order valence-electron chi connectivity index (χ0n) is 12.1. The van der Waals surface area contributed by atoms with Crippen LogP contribution >= 0.6 is 0 Å². The van der Waals surface area contributed by atoms with Crippen LogP contribution in [0.2, 0.25) is 0 Å². The predicted octanol–water partition coefficient (Wildman–Crippen LogP) is -1.96. The van der Waals surface area contributed by atoms with Crippen LogP contribution in [0.3, 0.4) is 0 Å². The zero-order chi connectivity index (χ0) is 16.4. The molecule has 1 aliphatic rings. The maximum absolute atomic E-state index is 11.7. The van der Waals surface area contributed by atoms with Crippen LogP contribution < -0.4 is 11.4 Å². The summed E-state index contributed by atoms with van der Waals surface area (Å²) in [5, 5.41) is 23.6. The Hall–Kier alpha value is -2.04. The molecule has 4 unspecified atom stereocenters. The molecule has 2 rings (SSSR count). The summed E-state index contributed by atoms with van der Waals surface area (Å²) >= 11 is 0. The lowest BCUT2D eigenvalue weighted by Gasteiger charge is -2.15. The van der Waals surface area contributed by atoms with E-state index in [4.69, 9.17) is 15.2 Å². The van der Waals surface area contributed by atoms with Gasteiger partial charge in [-0.1, -0.05) is 13.8 Å². The number of ether oxygens (including phenoxy) is 2. The van der Waals surface area contributed by atoms with Crippen molar-refractivity contribution in [3.05, 3.63) is 16.7 Å². The quantitative estimate of drug-likeness (QED) is 0.538. The number of rotatable bonds is 4. The molecule has 0 aliphatic carbocycles. The average Bonchev–Trinajstić information content (AvgIpc) is 2.73. The molecule has 0 amide bonds. The molecule has 0 radical (unpaired) electrons. The van der Waals surface area contributed by atoms with Gasteiger partial charge in [-0.3, -0.25) is 4.79 Å². The standard InChI is InChI=1S/C12H18N4O6/c1-5(2)11(19)21-4-6-8(17)9(18)10(22-6)16-12(20)15-7(13)3-14-16/h3,5-6,8-10,17-18H,4H2,1-2H3,(H2,13,15,20). The first-order valence-corrected chi connectivity index (χ1v) is 6.71. The minimum absolute atomic E-state index is 0.0725. The van der Waals surface area contributed by atoms with E-state index in [0.29, 0.717) is 0 Å². The molecule has 0 bridgehead atoms. The summed E-state index contributed by atoms with van der Waals surface area (Å²) in [6, 6.07) is 0. The second-order valence-electron chi connectivity index (χ2n) is 5.24. The van der Waals surface area contributed by atoms with E-state index >= 15 is 0 Å². The van der Waals surface area contributed by atoms with Gasteiger partial charge in [0.05, 0.1) is 12.1 Å². The molecule has 0 spiro atoms. The van der Waals surface area contributed by atoms with Crippen LogP contribution in [0, 0.1) is 5.92 Å². The number of nitrogen functional groups attached to an aromatic ring is 1. The maximum Gasteiger partial charge on any atom is 0.368 e. The van der Waals surface area contributed by atoms with Crippen molar-refractivity contribution in [2.24, 2.45) is 5.92 Å². The first-order chi connectivity index (χ1) is 10.3. The number of hydrogen-bond donors (Lipinski definition) is 3. The van der Waals surface area contributed by atoms with Crippen molar-refractivity contribution in [1.29, 1.82) is 0 Å². The van der Waals surface area contributed by atoms with Crippen molar-refractivity contribution in [2.45, 2.75) is 38.4 Å². The molecule has 4 N–H and O–H groups in total. The highest BCUT2D eigenvalue weighted by atomic mass is 16.6. The second-order valence-corrected chi connectivity index (χ2v) is 5.24. The lowest BCUT2D eigenvalue weighted by atomic mass is 10.1. The predicted molar refractivity (Wildman–Crippen MR) is 72.4 cm³/mol. The number of esters is 1. The summed E-state index contributed by atoms with van der Waals surface area (Å²) in [4.78, 5) is 26.6. The Balaban J connectivity index is 2.10. The van der Waals surface area contributed by atoms with E-state index < -0.39 is 36.2 Å². The summed E-state index contributed by atoms with van der Waals surface area (Å²) in [6.07, 6.45) is -3.85. The van der Waals surface area contributed by atoms with Gasteiger partial charge in [-0.05, 0) is 0 Å². The molecule has 10 heteroatoms. The number of hydrogen-bond acceptors (Lipinski definition) is 9. The van der Waals surface area contributed by atoms with E-state index in [1.54, 1.807) is 13.8 Å². The molecule has 22 heavy (non-hydrogen) atoms. The Labute approximate surface area is 125 Å². The molecule has 0 aromatic carbocycles. The fourth-order valence-electron chi connectivity index (χ4n) is 1.94. The van der Waals surface area contributed by atoms with Gasteiger partial charge in [0.25, 0.3) is 0 Å². The molecule has 10 nitrogen and oxygen atoms in total. The highest BCUT2D eigenvalue weighted by Crippen LogP contribution is 2.28. The summed E-state index contributed by atoms with van der Waals surface area (Å²) < 4.78 is 11.1. The Morgan fingerprint density at radius 1 is 1.50 bits per heavy atom. The molecule has 1 aromatic heterocycles. The summed E-state index contributed by atoms with van der Waals surface area (Å²) in [7, 11) is 0. The fraction of sp³-hybridized carbons (Fsp3) is 0.667. The van der Waals surface area contributed by atoms with Gasteiger partial charge in [0.15, 0.2) is 6.23 Å². The van der Waals surface area contributed by atoms with E-state index in [1.165, 1.54) is 0 Å². The number of carbonyl (C=O) groups is 1. The Morgan fingerprint density at radius 2 is 2.18 bits per heavy atom. The fourth-order valence-corrected chi connectivity index (χ4v) is 1.94. The van der Waals surface area contributed by atoms with Gasteiger partial charge in [-0.2, -0.15) is 14.8 Å². The van der Waals surface area contributed by atoms with Crippen LogP contribution in [-0.4, -0.2) is 55.9 Å². The minimum Gasteiger partial charge on any atom is -0.463 e. The van der Waals surface area contributed by atoms with Gasteiger partial charge in [0, 0.05) is 0 Å².